The summed E-state index contributed by atoms with van der Waals surface area (Å²) in [6.45, 7) is 4.66. The molecule has 1 aliphatic rings. The molecule has 0 radical (unpaired) electrons. The largest absolute Gasteiger partial charge is 0.329 e. The number of rotatable bonds is 2. The first-order valence-corrected chi connectivity index (χ1v) is 7.40. The number of hydrogen-bond acceptors (Lipinski definition) is 3. The monoisotopic (exact) mass is 287 g/mol. The first kappa shape index (κ1) is 13.9. The fraction of sp³-hybridized carbons (Fsp3) is 0.533. The summed E-state index contributed by atoms with van der Waals surface area (Å²) in [6.07, 6.45) is 4.95. The fourth-order valence-corrected chi connectivity index (χ4v) is 3.02. The minimum Gasteiger partial charge on any atom is -0.329 e. The van der Waals surface area contributed by atoms with Gasteiger partial charge in [0, 0.05) is 31.0 Å². The number of carbonyl (C=O) groups is 1. The molecule has 0 aromatic carbocycles. The van der Waals surface area contributed by atoms with Crippen molar-refractivity contribution < 1.29 is 4.79 Å². The van der Waals surface area contributed by atoms with Gasteiger partial charge < -0.3 is 4.90 Å². The van der Waals surface area contributed by atoms with E-state index in [-0.39, 0.29) is 11.9 Å². The molecule has 0 bridgehead atoms. The van der Waals surface area contributed by atoms with Crippen molar-refractivity contribution in [2.24, 2.45) is 7.05 Å². The Morgan fingerprint density at radius 3 is 2.81 bits per heavy atom. The molecular formula is C15H21N5O. The molecule has 1 atom stereocenters. The van der Waals surface area contributed by atoms with Gasteiger partial charge in [0.15, 0.2) is 5.69 Å². The van der Waals surface area contributed by atoms with Crippen LogP contribution in [0.4, 0.5) is 0 Å². The highest BCUT2D eigenvalue weighted by molar-refractivity contribution is 5.94. The van der Waals surface area contributed by atoms with Crippen LogP contribution in [-0.4, -0.2) is 37.3 Å². The summed E-state index contributed by atoms with van der Waals surface area (Å²) >= 11 is 0. The van der Waals surface area contributed by atoms with Crippen LogP contribution in [0.3, 0.4) is 0 Å². The van der Waals surface area contributed by atoms with Crippen LogP contribution in [0.1, 0.15) is 52.7 Å². The number of carbonyl (C=O) groups excluding carboxylic acids is 1. The molecule has 0 saturated carbocycles. The molecule has 1 amide bonds. The lowest BCUT2D eigenvalue weighted by Crippen LogP contribution is -2.39. The number of aromatic amines is 1. The first-order valence-electron chi connectivity index (χ1n) is 7.40. The molecule has 0 spiro atoms. The van der Waals surface area contributed by atoms with E-state index in [9.17, 15) is 4.79 Å². The molecule has 6 heteroatoms. The lowest BCUT2D eigenvalue weighted by molar-refractivity contribution is 0.0594. The summed E-state index contributed by atoms with van der Waals surface area (Å²) < 4.78 is 1.86. The molecule has 0 aliphatic carbocycles. The van der Waals surface area contributed by atoms with Crippen molar-refractivity contribution in [1.29, 1.82) is 0 Å². The maximum Gasteiger partial charge on any atom is 0.275 e. The molecule has 2 aromatic rings. The summed E-state index contributed by atoms with van der Waals surface area (Å²) in [6, 6.07) is 2.09. The Hall–Kier alpha value is -2.11. The SMILES string of the molecule is Cc1[nH]nc(C(=O)N2CCCCC2c2ccnn2C)c1C. The molecule has 21 heavy (non-hydrogen) atoms. The lowest BCUT2D eigenvalue weighted by Gasteiger charge is -2.35. The van der Waals surface area contributed by atoms with Crippen molar-refractivity contribution in [2.75, 3.05) is 6.54 Å². The van der Waals surface area contributed by atoms with Gasteiger partial charge in [-0.2, -0.15) is 10.2 Å². The second kappa shape index (κ2) is 5.35. The summed E-state index contributed by atoms with van der Waals surface area (Å²) in [5, 5.41) is 11.3. The molecule has 3 rings (SSSR count). The van der Waals surface area contributed by atoms with E-state index in [1.807, 2.05) is 36.5 Å². The van der Waals surface area contributed by atoms with Crippen LogP contribution in [0.2, 0.25) is 0 Å². The third-order valence-electron chi connectivity index (χ3n) is 4.42. The van der Waals surface area contributed by atoms with Gasteiger partial charge in [-0.25, -0.2) is 0 Å². The van der Waals surface area contributed by atoms with E-state index in [1.54, 1.807) is 6.20 Å². The van der Waals surface area contributed by atoms with Crippen LogP contribution < -0.4 is 0 Å². The lowest BCUT2D eigenvalue weighted by atomic mass is 9.98. The van der Waals surface area contributed by atoms with Crippen molar-refractivity contribution in [3.63, 3.8) is 0 Å². The third-order valence-corrected chi connectivity index (χ3v) is 4.42. The smallest absolute Gasteiger partial charge is 0.275 e. The van der Waals surface area contributed by atoms with E-state index >= 15 is 0 Å². The number of nitrogens with one attached hydrogen (secondary N) is 1. The van der Waals surface area contributed by atoms with Gasteiger partial charge in [-0.1, -0.05) is 0 Å². The van der Waals surface area contributed by atoms with Crippen molar-refractivity contribution in [3.8, 4) is 0 Å². The van der Waals surface area contributed by atoms with Crippen molar-refractivity contribution in [3.05, 3.63) is 34.9 Å². The van der Waals surface area contributed by atoms with Gasteiger partial charge in [0.1, 0.15) is 0 Å². The standard InChI is InChI=1S/C15H21N5O/c1-10-11(2)17-18-14(10)15(21)20-9-5-4-6-13(20)12-7-8-16-19(12)3/h7-8,13H,4-6,9H2,1-3H3,(H,17,18). The fourth-order valence-electron chi connectivity index (χ4n) is 3.02. The average Bonchev–Trinajstić information content (AvgIpc) is 3.05. The number of aromatic nitrogens is 4. The van der Waals surface area contributed by atoms with Crippen LogP contribution in [0, 0.1) is 13.8 Å². The normalized spacial score (nSPS) is 19.0. The zero-order valence-electron chi connectivity index (χ0n) is 12.8. The van der Waals surface area contributed by atoms with E-state index in [4.69, 9.17) is 0 Å². The van der Waals surface area contributed by atoms with Gasteiger partial charge in [0.05, 0.1) is 11.7 Å². The molecule has 1 fully saturated rings. The average molecular weight is 287 g/mol. The van der Waals surface area contributed by atoms with Gasteiger partial charge in [-0.05, 0) is 39.2 Å². The van der Waals surface area contributed by atoms with Crippen LogP contribution >= 0.6 is 0 Å². The predicted octanol–water partition coefficient (Wildman–Crippen LogP) is 2.13. The van der Waals surface area contributed by atoms with Gasteiger partial charge in [-0.3, -0.25) is 14.6 Å². The number of nitrogens with zero attached hydrogens (tertiary/aromatic N) is 4. The maximum atomic E-state index is 12.9. The zero-order valence-corrected chi connectivity index (χ0v) is 12.8. The Morgan fingerprint density at radius 2 is 2.19 bits per heavy atom. The highest BCUT2D eigenvalue weighted by Gasteiger charge is 2.32. The minimum atomic E-state index is 0.0164. The summed E-state index contributed by atoms with van der Waals surface area (Å²) in [5.41, 5.74) is 3.52. The molecule has 3 heterocycles. The third kappa shape index (κ3) is 2.34. The maximum absolute atomic E-state index is 12.9. The second-order valence-corrected chi connectivity index (χ2v) is 5.71. The van der Waals surface area contributed by atoms with Crippen molar-refractivity contribution in [1.82, 2.24) is 24.9 Å². The second-order valence-electron chi connectivity index (χ2n) is 5.71. The Balaban J connectivity index is 1.93. The van der Waals surface area contributed by atoms with E-state index in [0.717, 1.165) is 42.8 Å². The molecule has 1 unspecified atom stereocenters. The number of aryl methyl sites for hydroxylation is 2. The predicted molar refractivity (Wildman–Crippen MR) is 78.9 cm³/mol. The molecule has 1 aliphatic heterocycles. The van der Waals surface area contributed by atoms with Crippen LogP contribution in [0.25, 0.3) is 0 Å². The quantitative estimate of drug-likeness (QED) is 0.920. The van der Waals surface area contributed by atoms with Crippen LogP contribution in [-0.2, 0) is 7.05 Å². The van der Waals surface area contributed by atoms with Crippen LogP contribution in [0.15, 0.2) is 12.3 Å². The van der Waals surface area contributed by atoms with E-state index in [2.05, 4.69) is 15.3 Å². The Labute approximate surface area is 124 Å². The summed E-state index contributed by atoms with van der Waals surface area (Å²) in [7, 11) is 1.93. The molecule has 1 saturated heterocycles. The number of hydrogen-bond donors (Lipinski definition) is 1. The van der Waals surface area contributed by atoms with Gasteiger partial charge in [0.25, 0.3) is 5.91 Å². The number of H-pyrrole nitrogens is 1. The number of piperidine rings is 1. The Kier molecular flexibility index (Phi) is 3.53. The topological polar surface area (TPSA) is 66.8 Å². The Morgan fingerprint density at radius 1 is 1.38 bits per heavy atom. The first-order chi connectivity index (χ1) is 10.1. The highest BCUT2D eigenvalue weighted by atomic mass is 16.2. The highest BCUT2D eigenvalue weighted by Crippen LogP contribution is 2.32. The van der Waals surface area contributed by atoms with Crippen molar-refractivity contribution >= 4 is 5.91 Å². The Bertz CT molecular complexity index is 657. The summed E-state index contributed by atoms with van der Waals surface area (Å²) in [4.78, 5) is 14.8. The van der Waals surface area contributed by atoms with E-state index in [1.165, 1.54) is 0 Å². The molecule has 1 N–H and O–H groups in total. The van der Waals surface area contributed by atoms with E-state index in [0.29, 0.717) is 5.69 Å². The minimum absolute atomic E-state index is 0.0164. The molecule has 2 aromatic heterocycles. The van der Waals surface area contributed by atoms with Gasteiger partial charge >= 0.3 is 0 Å². The van der Waals surface area contributed by atoms with Crippen LogP contribution in [0.5, 0.6) is 0 Å². The number of likely N-dealkylation sites (tertiary alicyclic amines) is 1. The number of amides is 1. The van der Waals surface area contributed by atoms with Crippen molar-refractivity contribution in [2.45, 2.75) is 39.2 Å². The summed E-state index contributed by atoms with van der Waals surface area (Å²) in [5.74, 6) is 0.0164. The van der Waals surface area contributed by atoms with Gasteiger partial charge in [-0.15, -0.1) is 0 Å². The molecule has 112 valence electrons. The zero-order chi connectivity index (χ0) is 15.0. The molecule has 6 nitrogen and oxygen atoms in total. The van der Waals surface area contributed by atoms with E-state index < -0.39 is 0 Å². The molecular weight excluding hydrogens is 266 g/mol. The van der Waals surface area contributed by atoms with Gasteiger partial charge in [0.2, 0.25) is 0 Å².